The van der Waals surface area contributed by atoms with Gasteiger partial charge in [-0.3, -0.25) is 9.67 Å². The second kappa shape index (κ2) is 5.16. The van der Waals surface area contributed by atoms with Gasteiger partial charge in [-0.25, -0.2) is 4.98 Å². The van der Waals surface area contributed by atoms with E-state index in [1.54, 1.807) is 11.0 Å². The molecule has 0 fully saturated rings. The molecule has 19 heavy (non-hydrogen) atoms. The molecule has 1 aromatic carbocycles. The van der Waals surface area contributed by atoms with Gasteiger partial charge in [0.25, 0.3) is 0 Å². The molecule has 0 aliphatic heterocycles. The Morgan fingerprint density at radius 1 is 1.11 bits per heavy atom. The zero-order chi connectivity index (χ0) is 13.1. The number of rotatable bonds is 4. The first-order chi connectivity index (χ1) is 9.31. The second-order valence-electron chi connectivity index (χ2n) is 4.43. The molecule has 0 saturated heterocycles. The van der Waals surface area contributed by atoms with Crippen LogP contribution in [0, 0.1) is 0 Å². The maximum absolute atomic E-state index is 4.60. The van der Waals surface area contributed by atoms with E-state index in [1.807, 2.05) is 31.3 Å². The third-order valence-corrected chi connectivity index (χ3v) is 2.89. The van der Waals surface area contributed by atoms with Crippen molar-refractivity contribution in [2.75, 3.05) is 0 Å². The fraction of sp³-hybridized carbons (Fsp3) is 0.214. The van der Waals surface area contributed by atoms with Crippen LogP contribution in [-0.2, 0) is 20.1 Å². The molecule has 0 saturated carbocycles. The number of aromatic nitrogens is 4. The van der Waals surface area contributed by atoms with E-state index in [1.165, 1.54) is 0 Å². The number of nitrogens with zero attached hydrogens (tertiary/aromatic N) is 4. The monoisotopic (exact) mass is 253 g/mol. The van der Waals surface area contributed by atoms with E-state index < -0.39 is 0 Å². The van der Waals surface area contributed by atoms with Gasteiger partial charge in [0.1, 0.15) is 6.33 Å². The molecule has 5 nitrogen and oxygen atoms in total. The van der Waals surface area contributed by atoms with Gasteiger partial charge in [0.15, 0.2) is 5.82 Å². The minimum atomic E-state index is 0.648. The number of aryl methyl sites for hydroxylation is 1. The normalized spacial score (nSPS) is 11.0. The maximum atomic E-state index is 4.60. The van der Waals surface area contributed by atoms with E-state index in [9.17, 15) is 0 Å². The van der Waals surface area contributed by atoms with E-state index in [0.29, 0.717) is 13.1 Å². The average Bonchev–Trinajstić information content (AvgIpc) is 2.84. The van der Waals surface area contributed by atoms with Crippen molar-refractivity contribution in [2.24, 2.45) is 7.05 Å². The van der Waals surface area contributed by atoms with Gasteiger partial charge in [-0.15, -0.1) is 0 Å². The van der Waals surface area contributed by atoms with Crippen molar-refractivity contribution in [3.8, 4) is 0 Å². The lowest BCUT2D eigenvalue weighted by Crippen LogP contribution is -2.14. The van der Waals surface area contributed by atoms with Crippen molar-refractivity contribution in [1.82, 2.24) is 25.1 Å². The van der Waals surface area contributed by atoms with Gasteiger partial charge in [-0.2, -0.15) is 5.10 Å². The Morgan fingerprint density at radius 3 is 2.84 bits per heavy atom. The third kappa shape index (κ3) is 2.77. The summed E-state index contributed by atoms with van der Waals surface area (Å²) in [4.78, 5) is 8.77. The molecule has 0 bridgehead atoms. The van der Waals surface area contributed by atoms with E-state index >= 15 is 0 Å². The topological polar surface area (TPSA) is 55.6 Å². The third-order valence-electron chi connectivity index (χ3n) is 2.89. The highest BCUT2D eigenvalue weighted by molar-refractivity contribution is 5.78. The Bertz CT molecular complexity index is 689. The molecule has 2 heterocycles. The highest BCUT2D eigenvalue weighted by Gasteiger charge is 2.00. The number of fused-ring (bicyclic) bond motifs is 1. The predicted molar refractivity (Wildman–Crippen MR) is 73.3 cm³/mol. The Balaban J connectivity index is 1.65. The minimum Gasteiger partial charge on any atom is -0.304 e. The van der Waals surface area contributed by atoms with Crippen LogP contribution in [0.2, 0.25) is 0 Å². The highest BCUT2D eigenvalue weighted by atomic mass is 15.3. The summed E-state index contributed by atoms with van der Waals surface area (Å²) in [5, 5.41) is 8.67. The van der Waals surface area contributed by atoms with E-state index in [0.717, 1.165) is 22.4 Å². The first-order valence-corrected chi connectivity index (χ1v) is 6.21. The molecule has 0 aliphatic rings. The van der Waals surface area contributed by atoms with Crippen LogP contribution in [-0.4, -0.2) is 19.7 Å². The first kappa shape index (κ1) is 11.8. The molecule has 0 atom stereocenters. The molecule has 3 aromatic rings. The average molecular weight is 253 g/mol. The molecule has 96 valence electrons. The number of hydrogen-bond acceptors (Lipinski definition) is 4. The summed E-state index contributed by atoms with van der Waals surface area (Å²) in [7, 11) is 1.86. The zero-order valence-electron chi connectivity index (χ0n) is 10.7. The summed E-state index contributed by atoms with van der Waals surface area (Å²) in [6.45, 7) is 1.36. The van der Waals surface area contributed by atoms with Crippen LogP contribution >= 0.6 is 0 Å². The largest absolute Gasteiger partial charge is 0.304 e. The molecule has 0 amide bonds. The fourth-order valence-electron chi connectivity index (χ4n) is 1.97. The predicted octanol–water partition coefficient (Wildman–Crippen LogP) is 1.65. The van der Waals surface area contributed by atoms with Crippen molar-refractivity contribution in [3.05, 3.63) is 54.2 Å². The Kier molecular flexibility index (Phi) is 3.20. The van der Waals surface area contributed by atoms with Gasteiger partial charge in [-0.1, -0.05) is 24.3 Å². The molecular formula is C14H15N5. The Labute approximate surface area is 111 Å². The summed E-state index contributed by atoms with van der Waals surface area (Å²) in [6, 6.07) is 12.3. The van der Waals surface area contributed by atoms with E-state index in [-0.39, 0.29) is 0 Å². The lowest BCUT2D eigenvalue weighted by molar-refractivity contribution is 0.642. The SMILES string of the molecule is Cn1cnc(CNCc2ccc3ccccc3n2)n1. The standard InChI is InChI=1S/C14H15N5/c1-19-10-16-14(18-19)9-15-8-12-7-6-11-4-2-3-5-13(11)17-12/h2-7,10,15H,8-9H2,1H3. The van der Waals surface area contributed by atoms with Gasteiger partial charge in [-0.05, 0) is 12.1 Å². The van der Waals surface area contributed by atoms with Gasteiger partial charge < -0.3 is 5.32 Å². The molecule has 5 heteroatoms. The van der Waals surface area contributed by atoms with Crippen molar-refractivity contribution in [3.63, 3.8) is 0 Å². The molecule has 3 rings (SSSR count). The van der Waals surface area contributed by atoms with Crippen LogP contribution in [0.25, 0.3) is 10.9 Å². The Hall–Kier alpha value is -2.27. The minimum absolute atomic E-state index is 0.648. The molecule has 0 aliphatic carbocycles. The molecular weight excluding hydrogens is 238 g/mol. The maximum Gasteiger partial charge on any atom is 0.164 e. The molecule has 0 unspecified atom stereocenters. The van der Waals surface area contributed by atoms with Gasteiger partial charge in [0.05, 0.1) is 17.8 Å². The smallest absolute Gasteiger partial charge is 0.164 e. The quantitative estimate of drug-likeness (QED) is 0.768. The van der Waals surface area contributed by atoms with Crippen LogP contribution in [0.1, 0.15) is 11.5 Å². The van der Waals surface area contributed by atoms with Crippen LogP contribution in [0.15, 0.2) is 42.7 Å². The van der Waals surface area contributed by atoms with Gasteiger partial charge >= 0.3 is 0 Å². The van der Waals surface area contributed by atoms with Crippen molar-refractivity contribution < 1.29 is 0 Å². The number of pyridine rings is 1. The summed E-state index contributed by atoms with van der Waals surface area (Å²) < 4.78 is 1.70. The Morgan fingerprint density at radius 2 is 2.00 bits per heavy atom. The van der Waals surface area contributed by atoms with Gasteiger partial charge in [0.2, 0.25) is 0 Å². The first-order valence-electron chi connectivity index (χ1n) is 6.21. The lowest BCUT2D eigenvalue weighted by atomic mass is 10.2. The van der Waals surface area contributed by atoms with Crippen LogP contribution < -0.4 is 5.32 Å². The van der Waals surface area contributed by atoms with Gasteiger partial charge in [0, 0.05) is 19.0 Å². The molecule has 0 spiro atoms. The number of para-hydroxylation sites is 1. The summed E-state index contributed by atoms with van der Waals surface area (Å²) in [6.07, 6.45) is 1.70. The highest BCUT2D eigenvalue weighted by Crippen LogP contribution is 2.11. The number of hydrogen-bond donors (Lipinski definition) is 1. The lowest BCUT2D eigenvalue weighted by Gasteiger charge is -2.03. The van der Waals surface area contributed by atoms with E-state index in [2.05, 4.69) is 32.5 Å². The molecule has 0 radical (unpaired) electrons. The fourth-order valence-corrected chi connectivity index (χ4v) is 1.97. The van der Waals surface area contributed by atoms with Crippen LogP contribution in [0.4, 0.5) is 0 Å². The summed E-state index contributed by atoms with van der Waals surface area (Å²) >= 11 is 0. The number of benzene rings is 1. The summed E-state index contributed by atoms with van der Waals surface area (Å²) in [5.41, 5.74) is 2.05. The summed E-state index contributed by atoms with van der Waals surface area (Å²) in [5.74, 6) is 0.795. The second-order valence-corrected chi connectivity index (χ2v) is 4.43. The van der Waals surface area contributed by atoms with Crippen molar-refractivity contribution >= 4 is 10.9 Å². The van der Waals surface area contributed by atoms with E-state index in [4.69, 9.17) is 0 Å². The number of nitrogens with one attached hydrogen (secondary N) is 1. The molecule has 1 N–H and O–H groups in total. The molecule has 2 aromatic heterocycles. The van der Waals surface area contributed by atoms with Crippen molar-refractivity contribution in [1.29, 1.82) is 0 Å². The van der Waals surface area contributed by atoms with Crippen molar-refractivity contribution in [2.45, 2.75) is 13.1 Å². The van der Waals surface area contributed by atoms with Crippen LogP contribution in [0.3, 0.4) is 0 Å². The van der Waals surface area contributed by atoms with Crippen LogP contribution in [0.5, 0.6) is 0 Å². The zero-order valence-corrected chi connectivity index (χ0v) is 10.7.